The number of hydrogen-bond donors (Lipinski definition) is 0. The Hall–Kier alpha value is -0.830. The lowest BCUT2D eigenvalue weighted by Crippen LogP contribution is -1.86. The van der Waals surface area contributed by atoms with Crippen LogP contribution in [0.25, 0.3) is 0 Å². The minimum atomic E-state index is 0.222. The van der Waals surface area contributed by atoms with Gasteiger partial charge in [0.25, 0.3) is 0 Å². The maximum atomic E-state index is 8.57. The number of nitrogens with zero attached hydrogens (tertiary/aromatic N) is 2. The second-order valence-corrected chi connectivity index (χ2v) is 2.34. The van der Waals surface area contributed by atoms with Gasteiger partial charge in [-0.15, -0.1) is 0 Å². The highest BCUT2D eigenvalue weighted by Crippen LogP contribution is 1.99. The van der Waals surface area contributed by atoms with E-state index in [4.69, 9.17) is 4.79 Å². The molecule has 0 spiro atoms. The highest BCUT2D eigenvalue weighted by atomic mass is 35.5. The summed E-state index contributed by atoms with van der Waals surface area (Å²) >= 11 is 4.32. The van der Waals surface area contributed by atoms with Crippen molar-refractivity contribution in [1.82, 2.24) is 9.78 Å². The number of halogens is 1. The van der Waals surface area contributed by atoms with Crippen molar-refractivity contribution in [2.24, 2.45) is 7.05 Å². The molecule has 0 atom stereocenters. The van der Waals surface area contributed by atoms with Gasteiger partial charge in [-0.1, -0.05) is 0 Å². The molecule has 62 valence electrons. The van der Waals surface area contributed by atoms with Crippen LogP contribution in [0.5, 0.6) is 0 Å². The molecule has 11 heavy (non-hydrogen) atoms. The number of rotatable bonds is 0. The van der Waals surface area contributed by atoms with Crippen LogP contribution in [-0.4, -0.2) is 15.5 Å². The minimum Gasteiger partial charge on any atom is -0.285 e. The summed E-state index contributed by atoms with van der Waals surface area (Å²) in [5.74, 6) is 0.222. The summed E-state index contributed by atoms with van der Waals surface area (Å²) in [6, 6.07) is 0. The molecule has 1 aromatic heterocycles. The van der Waals surface area contributed by atoms with Gasteiger partial charge in [0.05, 0.1) is 5.69 Å². The van der Waals surface area contributed by atoms with E-state index in [1.54, 1.807) is 0 Å². The van der Waals surface area contributed by atoms with Crippen molar-refractivity contribution in [3.8, 4) is 0 Å². The van der Waals surface area contributed by atoms with Crippen molar-refractivity contribution in [2.45, 2.75) is 13.8 Å². The predicted molar refractivity (Wildman–Crippen MR) is 45.3 cm³/mol. The van der Waals surface area contributed by atoms with Gasteiger partial charge in [-0.3, -0.25) is 9.48 Å². The first-order valence-corrected chi connectivity index (χ1v) is 3.56. The Morgan fingerprint density at radius 2 is 2.09 bits per heavy atom. The Morgan fingerprint density at radius 1 is 1.64 bits per heavy atom. The second-order valence-electron chi connectivity index (χ2n) is 2.16. The molecule has 0 aliphatic rings. The third-order valence-corrected chi connectivity index (χ3v) is 1.26. The minimum absolute atomic E-state index is 0.222. The Balaban J connectivity index is 0.000000292. The first kappa shape index (κ1) is 10.2. The molecule has 0 fully saturated rings. The summed E-state index contributed by atoms with van der Waals surface area (Å²) in [5, 5.41) is 4.13. The first-order chi connectivity index (χ1) is 5.11. The van der Waals surface area contributed by atoms with Crippen LogP contribution in [0.3, 0.4) is 0 Å². The van der Waals surface area contributed by atoms with E-state index in [0.717, 1.165) is 5.69 Å². The zero-order valence-corrected chi connectivity index (χ0v) is 7.59. The summed E-state index contributed by atoms with van der Waals surface area (Å²) in [5.41, 5.74) is 2.38. The molecule has 0 unspecified atom stereocenters. The van der Waals surface area contributed by atoms with Crippen molar-refractivity contribution < 1.29 is 4.79 Å². The normalized spacial score (nSPS) is 8.36. The Bertz CT molecular complexity index is 213. The molecule has 0 radical (unpaired) electrons. The molecule has 1 aromatic rings. The predicted octanol–water partition coefficient (Wildman–Crippen LogP) is 1.45. The molecular weight excluding hydrogens is 164 g/mol. The van der Waals surface area contributed by atoms with Crippen molar-refractivity contribution in [2.75, 3.05) is 0 Å². The molecule has 3 nitrogen and oxygen atoms in total. The monoisotopic (exact) mass is 174 g/mol. The summed E-state index contributed by atoms with van der Waals surface area (Å²) in [7, 11) is 1.93. The quantitative estimate of drug-likeness (QED) is 0.441. The highest BCUT2D eigenvalue weighted by molar-refractivity contribution is 6.54. The zero-order chi connectivity index (χ0) is 8.85. The van der Waals surface area contributed by atoms with Crippen LogP contribution < -0.4 is 0 Å². The SMILES string of the molecule is Cc1cn(C)nc1C.O=CCl. The smallest absolute Gasteiger partial charge is 0.208 e. The van der Waals surface area contributed by atoms with E-state index >= 15 is 0 Å². The molecule has 0 saturated heterocycles. The van der Waals surface area contributed by atoms with Gasteiger partial charge in [-0.05, 0) is 31.0 Å². The van der Waals surface area contributed by atoms with Crippen LogP contribution >= 0.6 is 11.6 Å². The largest absolute Gasteiger partial charge is 0.285 e. The van der Waals surface area contributed by atoms with Crippen LogP contribution in [-0.2, 0) is 11.8 Å². The molecule has 0 saturated carbocycles. The van der Waals surface area contributed by atoms with Crippen molar-refractivity contribution in [3.05, 3.63) is 17.5 Å². The number of carbonyl (C=O) groups is 1. The molecule has 0 N–H and O–H groups in total. The van der Waals surface area contributed by atoms with E-state index in [1.807, 2.05) is 24.9 Å². The average Bonchev–Trinajstić information content (AvgIpc) is 2.12. The average molecular weight is 175 g/mol. The molecule has 0 aliphatic carbocycles. The topological polar surface area (TPSA) is 34.9 Å². The highest BCUT2D eigenvalue weighted by Gasteiger charge is 1.92. The molecule has 1 rings (SSSR count). The van der Waals surface area contributed by atoms with Gasteiger partial charge in [-0.2, -0.15) is 5.10 Å². The molecule has 4 heteroatoms. The van der Waals surface area contributed by atoms with Crippen molar-refractivity contribution >= 4 is 17.3 Å². The summed E-state index contributed by atoms with van der Waals surface area (Å²) in [4.78, 5) is 8.57. The lowest BCUT2D eigenvalue weighted by atomic mass is 10.3. The van der Waals surface area contributed by atoms with Crippen LogP contribution in [0.2, 0.25) is 0 Å². The molecule has 0 amide bonds. The lowest BCUT2D eigenvalue weighted by molar-refractivity contribution is 0.569. The fourth-order valence-electron chi connectivity index (χ4n) is 0.718. The van der Waals surface area contributed by atoms with Gasteiger partial charge in [0.1, 0.15) is 0 Å². The summed E-state index contributed by atoms with van der Waals surface area (Å²) in [6.07, 6.45) is 2.01. The number of aromatic nitrogens is 2. The molecule has 0 bridgehead atoms. The fourth-order valence-corrected chi connectivity index (χ4v) is 0.718. The van der Waals surface area contributed by atoms with E-state index in [2.05, 4.69) is 23.6 Å². The number of hydrogen-bond acceptors (Lipinski definition) is 2. The summed E-state index contributed by atoms with van der Waals surface area (Å²) in [6.45, 7) is 4.07. The Kier molecular flexibility index (Phi) is 4.54. The van der Waals surface area contributed by atoms with E-state index in [0.29, 0.717) is 0 Å². The van der Waals surface area contributed by atoms with Gasteiger partial charge in [0.15, 0.2) is 0 Å². The molecule has 1 heterocycles. The summed E-state index contributed by atoms with van der Waals surface area (Å²) < 4.78 is 1.82. The van der Waals surface area contributed by atoms with Crippen molar-refractivity contribution in [3.63, 3.8) is 0 Å². The molecule has 0 aromatic carbocycles. The van der Waals surface area contributed by atoms with Gasteiger partial charge >= 0.3 is 0 Å². The van der Waals surface area contributed by atoms with Crippen LogP contribution in [0.1, 0.15) is 11.3 Å². The van der Waals surface area contributed by atoms with Crippen LogP contribution in [0, 0.1) is 13.8 Å². The van der Waals surface area contributed by atoms with Crippen LogP contribution in [0.15, 0.2) is 6.20 Å². The third kappa shape index (κ3) is 3.78. The lowest BCUT2D eigenvalue weighted by Gasteiger charge is -1.79. The number of aryl methyl sites for hydroxylation is 3. The van der Waals surface area contributed by atoms with Gasteiger partial charge in [0, 0.05) is 13.2 Å². The van der Waals surface area contributed by atoms with Crippen LogP contribution in [0.4, 0.5) is 0 Å². The zero-order valence-electron chi connectivity index (χ0n) is 6.84. The second kappa shape index (κ2) is 4.91. The van der Waals surface area contributed by atoms with E-state index < -0.39 is 0 Å². The maximum Gasteiger partial charge on any atom is 0.208 e. The fraction of sp³-hybridized carbons (Fsp3) is 0.429. The molecular formula is C7H11ClN2O. The standard InChI is InChI=1S/C6H10N2.CHClO/c1-5-4-8(3)7-6(5)2;2-1-3/h4H,1-3H3;1H. The first-order valence-electron chi connectivity index (χ1n) is 3.12. The Morgan fingerprint density at radius 3 is 2.18 bits per heavy atom. The maximum absolute atomic E-state index is 8.57. The van der Waals surface area contributed by atoms with Gasteiger partial charge in [0.2, 0.25) is 5.75 Å². The number of carbonyl (C=O) groups excluding carboxylic acids is 1. The Labute approximate surface area is 71.0 Å². The van der Waals surface area contributed by atoms with E-state index in [1.165, 1.54) is 5.56 Å². The third-order valence-electron chi connectivity index (χ3n) is 1.26. The van der Waals surface area contributed by atoms with Crippen molar-refractivity contribution in [1.29, 1.82) is 0 Å². The van der Waals surface area contributed by atoms with E-state index in [-0.39, 0.29) is 5.75 Å². The molecule has 0 aliphatic heterocycles. The van der Waals surface area contributed by atoms with Gasteiger partial charge < -0.3 is 0 Å². The van der Waals surface area contributed by atoms with Gasteiger partial charge in [-0.25, -0.2) is 0 Å². The van der Waals surface area contributed by atoms with E-state index in [9.17, 15) is 0 Å².